The quantitative estimate of drug-likeness (QED) is 0.598. The maximum absolute atomic E-state index is 13.1. The molecule has 1 heterocycles. The van der Waals surface area contributed by atoms with Crippen LogP contribution in [0, 0.1) is 23.2 Å². The first-order chi connectivity index (χ1) is 15.4. The SMILES string of the molecule is NC(=O)Cc1csc(NC(=O)c2ccc(CNC(=O)C34CC5CC(CC(C5)C3)C4)cc2)n1. The third-order valence-electron chi connectivity index (χ3n) is 7.32. The number of amides is 3. The van der Waals surface area contributed by atoms with Crippen molar-refractivity contribution in [1.29, 1.82) is 0 Å². The molecule has 4 N–H and O–H groups in total. The Bertz CT molecular complexity index is 1010. The second kappa shape index (κ2) is 8.31. The van der Waals surface area contributed by atoms with Gasteiger partial charge in [-0.15, -0.1) is 11.3 Å². The van der Waals surface area contributed by atoms with Crippen molar-refractivity contribution in [3.8, 4) is 0 Å². The van der Waals surface area contributed by atoms with Gasteiger partial charge in [0.1, 0.15) is 0 Å². The number of nitrogens with one attached hydrogen (secondary N) is 2. The van der Waals surface area contributed by atoms with E-state index in [-0.39, 0.29) is 23.7 Å². The molecule has 168 valence electrons. The predicted octanol–water partition coefficient (Wildman–Crippen LogP) is 3.26. The third-order valence-corrected chi connectivity index (χ3v) is 8.12. The van der Waals surface area contributed by atoms with Crippen LogP contribution in [0.1, 0.15) is 60.1 Å². The minimum atomic E-state index is -0.459. The normalized spacial score (nSPS) is 27.8. The summed E-state index contributed by atoms with van der Waals surface area (Å²) in [7, 11) is 0. The molecule has 6 rings (SSSR count). The van der Waals surface area contributed by atoms with Crippen LogP contribution in [0.25, 0.3) is 0 Å². The maximum Gasteiger partial charge on any atom is 0.257 e. The van der Waals surface area contributed by atoms with E-state index in [9.17, 15) is 14.4 Å². The van der Waals surface area contributed by atoms with Crippen molar-refractivity contribution in [2.75, 3.05) is 5.32 Å². The summed E-state index contributed by atoms with van der Waals surface area (Å²) >= 11 is 1.25. The average Bonchev–Trinajstić information content (AvgIpc) is 3.17. The number of carbonyl (C=O) groups is 3. The van der Waals surface area contributed by atoms with Crippen molar-refractivity contribution >= 4 is 34.2 Å². The second-order valence-corrected chi connectivity index (χ2v) is 10.7. The monoisotopic (exact) mass is 452 g/mol. The Morgan fingerprint density at radius 1 is 1.03 bits per heavy atom. The molecule has 4 saturated carbocycles. The summed E-state index contributed by atoms with van der Waals surface area (Å²) in [5, 5.41) is 8.05. The number of primary amides is 1. The average molecular weight is 453 g/mol. The summed E-state index contributed by atoms with van der Waals surface area (Å²) in [5.74, 6) is 1.72. The lowest BCUT2D eigenvalue weighted by Crippen LogP contribution is -2.53. The molecule has 4 aliphatic carbocycles. The summed E-state index contributed by atoms with van der Waals surface area (Å²) in [6.07, 6.45) is 7.19. The fourth-order valence-electron chi connectivity index (χ4n) is 6.33. The fraction of sp³-hybridized carbons (Fsp3) is 0.500. The summed E-state index contributed by atoms with van der Waals surface area (Å²) in [4.78, 5) is 40.8. The molecule has 0 atom stereocenters. The lowest BCUT2D eigenvalue weighted by atomic mass is 9.49. The molecule has 0 radical (unpaired) electrons. The van der Waals surface area contributed by atoms with Crippen LogP contribution in [0.15, 0.2) is 29.6 Å². The molecule has 4 fully saturated rings. The van der Waals surface area contributed by atoms with E-state index in [1.54, 1.807) is 17.5 Å². The molecule has 0 saturated heterocycles. The molecular formula is C24H28N4O3S. The number of benzene rings is 1. The molecule has 4 bridgehead atoms. The number of aromatic nitrogens is 1. The van der Waals surface area contributed by atoms with E-state index in [2.05, 4.69) is 15.6 Å². The van der Waals surface area contributed by atoms with Gasteiger partial charge in [0.05, 0.1) is 12.1 Å². The zero-order chi connectivity index (χ0) is 22.3. The number of nitrogens with zero attached hydrogens (tertiary/aromatic N) is 1. The number of nitrogens with two attached hydrogens (primary N) is 1. The first-order valence-electron chi connectivity index (χ1n) is 11.3. The van der Waals surface area contributed by atoms with Gasteiger partial charge in [0.15, 0.2) is 5.13 Å². The highest BCUT2D eigenvalue weighted by Crippen LogP contribution is 2.60. The lowest BCUT2D eigenvalue weighted by molar-refractivity contribution is -0.146. The highest BCUT2D eigenvalue weighted by Gasteiger charge is 2.54. The molecule has 1 aromatic carbocycles. The molecule has 7 nitrogen and oxygen atoms in total. The molecule has 0 spiro atoms. The zero-order valence-corrected chi connectivity index (χ0v) is 18.7. The van der Waals surface area contributed by atoms with Crippen molar-refractivity contribution in [2.24, 2.45) is 28.9 Å². The minimum absolute atomic E-state index is 0.0516. The Hall–Kier alpha value is -2.74. The number of carbonyl (C=O) groups excluding carboxylic acids is 3. The van der Waals surface area contributed by atoms with Crippen LogP contribution < -0.4 is 16.4 Å². The van der Waals surface area contributed by atoms with Gasteiger partial charge in [0.2, 0.25) is 11.8 Å². The molecule has 32 heavy (non-hydrogen) atoms. The van der Waals surface area contributed by atoms with Gasteiger partial charge in [-0.05, 0) is 74.0 Å². The summed E-state index contributed by atoms with van der Waals surface area (Å²) in [5.41, 5.74) is 7.05. The van der Waals surface area contributed by atoms with E-state index in [4.69, 9.17) is 5.73 Å². The molecule has 3 amide bonds. The molecule has 1 aromatic heterocycles. The van der Waals surface area contributed by atoms with Crippen LogP contribution in [0.2, 0.25) is 0 Å². The molecular weight excluding hydrogens is 424 g/mol. The van der Waals surface area contributed by atoms with Crippen molar-refractivity contribution in [3.05, 3.63) is 46.5 Å². The lowest BCUT2D eigenvalue weighted by Gasteiger charge is -2.55. The van der Waals surface area contributed by atoms with Crippen LogP contribution in [-0.4, -0.2) is 22.7 Å². The number of thiazole rings is 1. The number of rotatable bonds is 7. The maximum atomic E-state index is 13.1. The van der Waals surface area contributed by atoms with E-state index >= 15 is 0 Å². The van der Waals surface area contributed by atoms with Crippen molar-refractivity contribution in [3.63, 3.8) is 0 Å². The molecule has 8 heteroatoms. The Kier molecular flexibility index (Phi) is 5.49. The topological polar surface area (TPSA) is 114 Å². The van der Waals surface area contributed by atoms with E-state index < -0.39 is 5.91 Å². The van der Waals surface area contributed by atoms with Crippen LogP contribution in [0.3, 0.4) is 0 Å². The first kappa shape index (κ1) is 21.1. The Labute approximate surface area is 191 Å². The Morgan fingerprint density at radius 3 is 2.25 bits per heavy atom. The van der Waals surface area contributed by atoms with E-state index in [0.717, 1.165) is 42.6 Å². The molecule has 2 aromatic rings. The fourth-order valence-corrected chi connectivity index (χ4v) is 7.03. The highest BCUT2D eigenvalue weighted by atomic mass is 32.1. The Morgan fingerprint density at radius 2 is 1.66 bits per heavy atom. The summed E-state index contributed by atoms with van der Waals surface area (Å²) in [6, 6.07) is 7.24. The first-order valence-corrected chi connectivity index (χ1v) is 12.2. The van der Waals surface area contributed by atoms with Gasteiger partial charge < -0.3 is 11.1 Å². The van der Waals surface area contributed by atoms with Crippen molar-refractivity contribution in [2.45, 2.75) is 51.5 Å². The zero-order valence-electron chi connectivity index (χ0n) is 17.9. The predicted molar refractivity (Wildman–Crippen MR) is 122 cm³/mol. The van der Waals surface area contributed by atoms with Crippen LogP contribution >= 0.6 is 11.3 Å². The molecule has 0 unspecified atom stereocenters. The Balaban J connectivity index is 1.15. The smallest absolute Gasteiger partial charge is 0.257 e. The summed E-state index contributed by atoms with van der Waals surface area (Å²) in [6.45, 7) is 0.478. The van der Waals surface area contributed by atoms with Crippen molar-refractivity contribution in [1.82, 2.24) is 10.3 Å². The van der Waals surface area contributed by atoms with Gasteiger partial charge in [-0.25, -0.2) is 4.98 Å². The van der Waals surface area contributed by atoms with Gasteiger partial charge in [-0.3, -0.25) is 19.7 Å². The molecule has 0 aliphatic heterocycles. The minimum Gasteiger partial charge on any atom is -0.369 e. The van der Waals surface area contributed by atoms with Gasteiger partial charge in [0, 0.05) is 22.9 Å². The van der Waals surface area contributed by atoms with Gasteiger partial charge in [0.25, 0.3) is 5.91 Å². The second-order valence-electron chi connectivity index (χ2n) is 9.82. The number of hydrogen-bond acceptors (Lipinski definition) is 5. The van der Waals surface area contributed by atoms with E-state index in [0.29, 0.717) is 22.9 Å². The summed E-state index contributed by atoms with van der Waals surface area (Å²) < 4.78 is 0. The largest absolute Gasteiger partial charge is 0.369 e. The third kappa shape index (κ3) is 4.28. The number of anilines is 1. The van der Waals surface area contributed by atoms with Gasteiger partial charge in [-0.1, -0.05) is 12.1 Å². The van der Waals surface area contributed by atoms with E-state index in [1.165, 1.54) is 30.6 Å². The van der Waals surface area contributed by atoms with Crippen LogP contribution in [0.5, 0.6) is 0 Å². The van der Waals surface area contributed by atoms with Gasteiger partial charge >= 0.3 is 0 Å². The van der Waals surface area contributed by atoms with Gasteiger partial charge in [-0.2, -0.15) is 0 Å². The standard InChI is InChI=1S/C24H28N4O3S/c25-20(29)8-19-13-32-23(27-19)28-21(30)18-3-1-14(2-4-18)12-26-22(31)24-9-15-5-16(10-24)7-17(6-15)11-24/h1-4,13,15-17H,5-12H2,(H2,25,29)(H,26,31)(H,27,28,30). The van der Waals surface area contributed by atoms with Crippen LogP contribution in [-0.2, 0) is 22.6 Å². The number of hydrogen-bond donors (Lipinski definition) is 3. The highest BCUT2D eigenvalue weighted by molar-refractivity contribution is 7.14. The van der Waals surface area contributed by atoms with Crippen LogP contribution in [0.4, 0.5) is 5.13 Å². The molecule has 4 aliphatic rings. The van der Waals surface area contributed by atoms with E-state index in [1.807, 2.05) is 12.1 Å². The van der Waals surface area contributed by atoms with Crippen molar-refractivity contribution < 1.29 is 14.4 Å².